The Balaban J connectivity index is 1.21. The Morgan fingerprint density at radius 3 is 2.61 bits per heavy atom. The van der Waals surface area contributed by atoms with Gasteiger partial charge >= 0.3 is 6.03 Å². The van der Waals surface area contributed by atoms with Crippen LogP contribution in [0.15, 0.2) is 42.5 Å². The number of urea groups is 1. The van der Waals surface area contributed by atoms with Gasteiger partial charge in [0.15, 0.2) is 5.78 Å². The van der Waals surface area contributed by atoms with Gasteiger partial charge in [-0.2, -0.15) is 0 Å². The molecule has 1 aliphatic carbocycles. The Morgan fingerprint density at radius 2 is 1.91 bits per heavy atom. The highest BCUT2D eigenvalue weighted by Crippen LogP contribution is 2.33. The molecule has 7 heteroatoms. The number of likely N-dealkylation sites (tertiary alicyclic amines) is 1. The molecule has 0 aromatic heterocycles. The summed E-state index contributed by atoms with van der Waals surface area (Å²) in [6, 6.07) is 12.8. The van der Waals surface area contributed by atoms with E-state index < -0.39 is 0 Å². The van der Waals surface area contributed by atoms with Crippen LogP contribution in [0, 0.1) is 5.92 Å². The summed E-state index contributed by atoms with van der Waals surface area (Å²) in [7, 11) is 1.79. The van der Waals surface area contributed by atoms with Gasteiger partial charge in [0.1, 0.15) is 5.75 Å². The lowest BCUT2D eigenvalue weighted by atomic mass is 9.82. The summed E-state index contributed by atoms with van der Waals surface area (Å²) in [5.74, 6) is 1.19. The number of amides is 2. The van der Waals surface area contributed by atoms with Gasteiger partial charge in [-0.1, -0.05) is 29.8 Å². The summed E-state index contributed by atoms with van der Waals surface area (Å²) in [6.45, 7) is 5.37. The molecule has 0 radical (unpaired) electrons. The smallest absolute Gasteiger partial charge is 0.321 e. The third-order valence-electron chi connectivity index (χ3n) is 6.51. The standard InChI is InChI=1S/C26H32ClN3O3/c1-18(31)20-6-5-7-22(14-20)28-26(32)29(2)16-19-12-24(13-19)33-23-9-8-21(25(27)15-23)17-30-10-3-4-11-30/h5-9,14-15,19,24H,3-4,10-13,16-17H2,1-2H3,(H,28,32). The van der Waals surface area contributed by atoms with Crippen LogP contribution in [0.25, 0.3) is 0 Å². The normalized spacial score (nSPS) is 20.2. The summed E-state index contributed by atoms with van der Waals surface area (Å²) in [4.78, 5) is 28.2. The fourth-order valence-corrected chi connectivity index (χ4v) is 4.76. The van der Waals surface area contributed by atoms with Crippen LogP contribution in [0.3, 0.4) is 0 Å². The maximum atomic E-state index is 12.5. The molecular weight excluding hydrogens is 438 g/mol. The molecule has 176 valence electrons. The summed E-state index contributed by atoms with van der Waals surface area (Å²) in [5, 5.41) is 3.63. The number of benzene rings is 2. The number of rotatable bonds is 8. The van der Waals surface area contributed by atoms with Crippen LogP contribution in [0.5, 0.6) is 5.75 Å². The van der Waals surface area contributed by atoms with Gasteiger partial charge in [-0.05, 0) is 81.4 Å². The lowest BCUT2D eigenvalue weighted by molar-refractivity contribution is 0.0532. The number of anilines is 1. The van der Waals surface area contributed by atoms with Gasteiger partial charge < -0.3 is 15.0 Å². The van der Waals surface area contributed by atoms with Crippen LogP contribution < -0.4 is 10.1 Å². The molecule has 2 aromatic carbocycles. The second kappa shape index (κ2) is 10.6. The third kappa shape index (κ3) is 6.27. The van der Waals surface area contributed by atoms with Crippen molar-refractivity contribution in [3.8, 4) is 5.75 Å². The van der Waals surface area contributed by atoms with Crippen molar-refractivity contribution in [1.82, 2.24) is 9.80 Å². The highest BCUT2D eigenvalue weighted by atomic mass is 35.5. The zero-order valence-corrected chi connectivity index (χ0v) is 20.1. The second-order valence-electron chi connectivity index (χ2n) is 9.26. The molecule has 1 saturated heterocycles. The molecule has 33 heavy (non-hydrogen) atoms. The Kier molecular flexibility index (Phi) is 7.56. The van der Waals surface area contributed by atoms with Gasteiger partial charge in [0.2, 0.25) is 0 Å². The zero-order valence-electron chi connectivity index (χ0n) is 19.4. The van der Waals surface area contributed by atoms with Gasteiger partial charge in [0, 0.05) is 36.4 Å². The van der Waals surface area contributed by atoms with Crippen LogP contribution in [-0.4, -0.2) is 54.4 Å². The number of ketones is 1. The van der Waals surface area contributed by atoms with Gasteiger partial charge in [-0.3, -0.25) is 9.69 Å². The Labute approximate surface area is 200 Å². The molecule has 0 spiro atoms. The molecule has 0 atom stereocenters. The van der Waals surface area contributed by atoms with E-state index in [2.05, 4.69) is 16.3 Å². The molecule has 0 unspecified atom stereocenters. The van der Waals surface area contributed by atoms with E-state index in [4.69, 9.17) is 16.3 Å². The van der Waals surface area contributed by atoms with E-state index in [1.165, 1.54) is 19.8 Å². The molecule has 2 aromatic rings. The number of carbonyl (C=O) groups excluding carboxylic acids is 2. The van der Waals surface area contributed by atoms with Crippen molar-refractivity contribution in [2.45, 2.75) is 45.3 Å². The number of nitrogens with one attached hydrogen (secondary N) is 1. The first-order valence-corrected chi connectivity index (χ1v) is 12.1. The van der Waals surface area contributed by atoms with Crippen LogP contribution >= 0.6 is 11.6 Å². The predicted octanol–water partition coefficient (Wildman–Crippen LogP) is 5.46. The maximum absolute atomic E-state index is 12.5. The van der Waals surface area contributed by atoms with Crippen LogP contribution in [0.2, 0.25) is 5.02 Å². The first-order valence-electron chi connectivity index (χ1n) is 11.7. The number of halogens is 1. The topological polar surface area (TPSA) is 61.9 Å². The van der Waals surface area contributed by atoms with Crippen molar-refractivity contribution >= 4 is 29.1 Å². The van der Waals surface area contributed by atoms with E-state index in [-0.39, 0.29) is 17.9 Å². The molecule has 0 bridgehead atoms. The molecule has 4 rings (SSSR count). The first-order chi connectivity index (χ1) is 15.9. The fraction of sp³-hybridized carbons (Fsp3) is 0.462. The highest BCUT2D eigenvalue weighted by molar-refractivity contribution is 6.31. The van der Waals surface area contributed by atoms with Crippen molar-refractivity contribution < 1.29 is 14.3 Å². The van der Waals surface area contributed by atoms with Crippen LogP contribution in [0.4, 0.5) is 10.5 Å². The number of hydrogen-bond donors (Lipinski definition) is 1. The van der Waals surface area contributed by atoms with E-state index >= 15 is 0 Å². The average Bonchev–Trinajstić information content (AvgIpc) is 3.27. The average molecular weight is 470 g/mol. The lowest BCUT2D eigenvalue weighted by Crippen LogP contribution is -2.43. The molecule has 2 aliphatic rings. The van der Waals surface area contributed by atoms with Crippen molar-refractivity contribution in [3.63, 3.8) is 0 Å². The van der Waals surface area contributed by atoms with E-state index in [1.54, 1.807) is 36.2 Å². The molecule has 2 amide bonds. The lowest BCUT2D eigenvalue weighted by Gasteiger charge is -2.37. The minimum Gasteiger partial charge on any atom is -0.490 e. The summed E-state index contributed by atoms with van der Waals surface area (Å²) >= 11 is 6.50. The number of ether oxygens (including phenoxy) is 1. The molecule has 2 fully saturated rings. The minimum absolute atomic E-state index is 0.0255. The largest absolute Gasteiger partial charge is 0.490 e. The quantitative estimate of drug-likeness (QED) is 0.521. The zero-order chi connectivity index (χ0) is 23.4. The molecule has 1 heterocycles. The SMILES string of the molecule is CC(=O)c1cccc(NC(=O)N(C)CC2CC(Oc3ccc(CN4CCCC4)c(Cl)c3)C2)c1. The van der Waals surface area contributed by atoms with Crippen molar-refractivity contribution in [2.24, 2.45) is 5.92 Å². The van der Waals surface area contributed by atoms with E-state index in [1.807, 2.05) is 12.1 Å². The van der Waals surface area contributed by atoms with Crippen LogP contribution in [-0.2, 0) is 6.54 Å². The highest BCUT2D eigenvalue weighted by Gasteiger charge is 2.32. The summed E-state index contributed by atoms with van der Waals surface area (Å²) in [6.07, 6.45) is 4.51. The second-order valence-corrected chi connectivity index (χ2v) is 9.67. The van der Waals surface area contributed by atoms with Crippen LogP contribution in [0.1, 0.15) is 48.5 Å². The number of hydrogen-bond acceptors (Lipinski definition) is 4. The molecule has 6 nitrogen and oxygen atoms in total. The summed E-state index contributed by atoms with van der Waals surface area (Å²) in [5.41, 5.74) is 2.36. The number of nitrogens with zero attached hydrogens (tertiary/aromatic N) is 2. The Hall–Kier alpha value is -2.57. The van der Waals surface area contributed by atoms with Crippen molar-refractivity contribution in [3.05, 3.63) is 58.6 Å². The van der Waals surface area contributed by atoms with E-state index in [0.29, 0.717) is 23.7 Å². The van der Waals surface area contributed by atoms with Gasteiger partial charge in [-0.15, -0.1) is 0 Å². The number of carbonyl (C=O) groups is 2. The van der Waals surface area contributed by atoms with Crippen molar-refractivity contribution in [1.29, 1.82) is 0 Å². The van der Waals surface area contributed by atoms with Crippen molar-refractivity contribution in [2.75, 3.05) is 32.0 Å². The fourth-order valence-electron chi connectivity index (χ4n) is 4.53. The number of Topliss-reactive ketones (excluding diaryl/α,β-unsaturated/α-hetero) is 1. The maximum Gasteiger partial charge on any atom is 0.321 e. The molecule has 1 saturated carbocycles. The van der Waals surface area contributed by atoms with Gasteiger partial charge in [0.05, 0.1) is 6.10 Å². The Bertz CT molecular complexity index is 1000. The minimum atomic E-state index is -0.180. The van der Waals surface area contributed by atoms with Gasteiger partial charge in [-0.25, -0.2) is 4.79 Å². The first kappa shape index (κ1) is 23.6. The van der Waals surface area contributed by atoms with Gasteiger partial charge in [0.25, 0.3) is 0 Å². The Morgan fingerprint density at radius 1 is 1.15 bits per heavy atom. The molecule has 1 aliphatic heterocycles. The molecular formula is C26H32ClN3O3. The monoisotopic (exact) mass is 469 g/mol. The summed E-state index contributed by atoms with van der Waals surface area (Å²) < 4.78 is 6.11. The van der Waals surface area contributed by atoms with E-state index in [9.17, 15) is 9.59 Å². The predicted molar refractivity (Wildman–Crippen MR) is 131 cm³/mol. The molecule has 1 N–H and O–H groups in total. The van der Waals surface area contributed by atoms with E-state index in [0.717, 1.165) is 48.8 Å². The third-order valence-corrected chi connectivity index (χ3v) is 6.86.